The van der Waals surface area contributed by atoms with Crippen LogP contribution in [0.1, 0.15) is 33.6 Å². The zero-order valence-electron chi connectivity index (χ0n) is 21.2. The lowest BCUT2D eigenvalue weighted by Gasteiger charge is -2.45. The molecule has 8 nitrogen and oxygen atoms in total. The zero-order chi connectivity index (χ0) is 24.7. The van der Waals surface area contributed by atoms with Crippen molar-refractivity contribution in [2.24, 2.45) is 17.8 Å². The number of piperazine rings is 1. The van der Waals surface area contributed by atoms with E-state index in [9.17, 15) is 4.79 Å². The summed E-state index contributed by atoms with van der Waals surface area (Å²) in [6.07, 6.45) is 10.6. The van der Waals surface area contributed by atoms with Crippen molar-refractivity contribution in [1.82, 2.24) is 20.2 Å². The Morgan fingerprint density at radius 3 is 2.66 bits per heavy atom. The van der Waals surface area contributed by atoms with E-state index < -0.39 is 0 Å². The van der Waals surface area contributed by atoms with Gasteiger partial charge in [-0.25, -0.2) is 9.97 Å². The Bertz CT molecular complexity index is 997. The second-order valence-corrected chi connectivity index (χ2v) is 11.4. The minimum atomic E-state index is -0.0299. The fraction of sp³-hybridized carbons (Fsp3) is 0.654. The van der Waals surface area contributed by atoms with Gasteiger partial charge in [0.25, 0.3) is 0 Å². The number of aromatic nitrogens is 2. The monoisotopic (exact) mass is 499 g/mol. The summed E-state index contributed by atoms with van der Waals surface area (Å²) in [6, 6.07) is 1.48. The maximum Gasteiger partial charge on any atom is 0.245 e. The van der Waals surface area contributed by atoms with Crippen LogP contribution in [0.25, 0.3) is 0 Å². The summed E-state index contributed by atoms with van der Waals surface area (Å²) in [6.45, 7) is 11.1. The van der Waals surface area contributed by atoms with Crippen molar-refractivity contribution in [2.45, 2.75) is 51.7 Å². The number of hydrogen-bond acceptors (Lipinski definition) is 7. The maximum absolute atomic E-state index is 12.0. The summed E-state index contributed by atoms with van der Waals surface area (Å²) in [5, 5.41) is 7.48. The number of amides is 1. The normalized spacial score (nSPS) is 29.3. The van der Waals surface area contributed by atoms with Crippen molar-refractivity contribution < 1.29 is 4.79 Å². The molecule has 2 fully saturated rings. The van der Waals surface area contributed by atoms with Crippen LogP contribution < -0.4 is 20.4 Å². The number of nitrogens with zero attached hydrogens (tertiary/aromatic N) is 5. The molecule has 0 radical (unpaired) electrons. The lowest BCUT2D eigenvalue weighted by atomic mass is 9.79. The van der Waals surface area contributed by atoms with Crippen LogP contribution in [0.4, 0.5) is 17.3 Å². The van der Waals surface area contributed by atoms with Crippen LogP contribution in [0.2, 0.25) is 0 Å². The van der Waals surface area contributed by atoms with Crippen LogP contribution in [-0.2, 0) is 4.79 Å². The number of likely N-dealkylation sites (N-methyl/N-ethyl adjacent to an activating group) is 1. The molecule has 1 aromatic rings. The standard InChI is InChI=1S/C26H38ClN7O/c1-16(2)28-10-18(22-8-5-19(27)9-17(22)3)11-34-20-6-7-21(34)13-33(12-20)26-24-25(29-15-30-26)31-23(35)14-32(24)4/h5,8-9,15-18,20-22,28H,6-7,10-14H2,1-4H3,(H,29,30,31,35)/t17?,18-,20?,21?,22?/m0/s1. The molecule has 1 aromatic heterocycles. The Hall–Kier alpha value is -2.16. The van der Waals surface area contributed by atoms with E-state index in [1.807, 2.05) is 11.9 Å². The fourth-order valence-electron chi connectivity index (χ4n) is 6.33. The first-order valence-corrected chi connectivity index (χ1v) is 13.3. The van der Waals surface area contributed by atoms with Crippen LogP contribution in [0.5, 0.6) is 0 Å². The highest BCUT2D eigenvalue weighted by atomic mass is 35.5. The Morgan fingerprint density at radius 1 is 1.23 bits per heavy atom. The molecule has 2 bridgehead atoms. The zero-order valence-corrected chi connectivity index (χ0v) is 22.0. The Kier molecular flexibility index (Phi) is 7.06. The summed E-state index contributed by atoms with van der Waals surface area (Å²) in [7, 11) is 1.95. The van der Waals surface area contributed by atoms with E-state index in [0.29, 0.717) is 48.2 Å². The van der Waals surface area contributed by atoms with E-state index in [-0.39, 0.29) is 5.91 Å². The molecule has 9 heteroatoms. The first kappa shape index (κ1) is 24.5. The molecule has 0 saturated carbocycles. The van der Waals surface area contributed by atoms with Gasteiger partial charge in [0.15, 0.2) is 11.6 Å². The molecule has 5 rings (SSSR count). The predicted octanol–water partition coefficient (Wildman–Crippen LogP) is 3.08. The second-order valence-electron chi connectivity index (χ2n) is 11.0. The van der Waals surface area contributed by atoms with Crippen molar-refractivity contribution >= 4 is 34.8 Å². The maximum atomic E-state index is 12.0. The van der Waals surface area contributed by atoms with Gasteiger partial charge in [-0.15, -0.1) is 0 Å². The molecule has 4 aliphatic rings. The van der Waals surface area contributed by atoms with Crippen LogP contribution >= 0.6 is 11.6 Å². The molecular formula is C26H38ClN7O. The molecule has 0 spiro atoms. The molecule has 2 saturated heterocycles. The van der Waals surface area contributed by atoms with Gasteiger partial charge in [0.05, 0.1) is 6.54 Å². The molecule has 5 atom stereocenters. The Morgan fingerprint density at radius 2 is 1.97 bits per heavy atom. The fourth-order valence-corrected chi connectivity index (χ4v) is 6.61. The molecule has 35 heavy (non-hydrogen) atoms. The summed E-state index contributed by atoms with van der Waals surface area (Å²) >= 11 is 6.31. The number of fused-ring (bicyclic) bond motifs is 3. The van der Waals surface area contributed by atoms with Gasteiger partial charge < -0.3 is 20.4 Å². The number of nitrogens with one attached hydrogen (secondary N) is 2. The topological polar surface area (TPSA) is 76.6 Å². The van der Waals surface area contributed by atoms with Crippen molar-refractivity contribution in [3.8, 4) is 0 Å². The van der Waals surface area contributed by atoms with E-state index in [0.717, 1.165) is 42.7 Å². The van der Waals surface area contributed by atoms with Crippen molar-refractivity contribution in [2.75, 3.05) is 54.9 Å². The smallest absolute Gasteiger partial charge is 0.245 e. The van der Waals surface area contributed by atoms with E-state index >= 15 is 0 Å². The number of rotatable bonds is 7. The summed E-state index contributed by atoms with van der Waals surface area (Å²) in [4.78, 5) is 28.2. The van der Waals surface area contributed by atoms with Crippen LogP contribution in [0.3, 0.4) is 0 Å². The quantitative estimate of drug-likeness (QED) is 0.597. The van der Waals surface area contributed by atoms with Crippen molar-refractivity contribution in [3.63, 3.8) is 0 Å². The summed E-state index contributed by atoms with van der Waals surface area (Å²) in [5.41, 5.74) is 0.934. The molecule has 1 aliphatic carbocycles. The summed E-state index contributed by atoms with van der Waals surface area (Å²) in [5.74, 6) is 2.96. The van der Waals surface area contributed by atoms with Gasteiger partial charge in [-0.1, -0.05) is 44.5 Å². The third-order valence-electron chi connectivity index (χ3n) is 8.04. The van der Waals surface area contributed by atoms with Gasteiger partial charge in [0, 0.05) is 49.8 Å². The minimum Gasteiger partial charge on any atom is -0.359 e. The molecule has 0 aromatic carbocycles. The molecule has 4 unspecified atom stereocenters. The van der Waals surface area contributed by atoms with E-state index in [4.69, 9.17) is 11.6 Å². The number of hydrogen-bond donors (Lipinski definition) is 2. The summed E-state index contributed by atoms with van der Waals surface area (Å²) < 4.78 is 0. The van der Waals surface area contributed by atoms with Crippen LogP contribution in [-0.4, -0.2) is 78.7 Å². The molecular weight excluding hydrogens is 462 g/mol. The second kappa shape index (κ2) is 10.1. The highest BCUT2D eigenvalue weighted by molar-refractivity contribution is 6.31. The van der Waals surface area contributed by atoms with Crippen LogP contribution in [0.15, 0.2) is 29.6 Å². The molecule has 3 aliphatic heterocycles. The highest BCUT2D eigenvalue weighted by Crippen LogP contribution is 2.40. The third-order valence-corrected chi connectivity index (χ3v) is 8.29. The van der Waals surface area contributed by atoms with Gasteiger partial charge in [0.2, 0.25) is 5.91 Å². The third kappa shape index (κ3) is 5.06. The first-order valence-electron chi connectivity index (χ1n) is 13.0. The Balaban J connectivity index is 1.33. The first-order chi connectivity index (χ1) is 16.8. The number of carbonyl (C=O) groups is 1. The largest absolute Gasteiger partial charge is 0.359 e. The average molecular weight is 500 g/mol. The van der Waals surface area contributed by atoms with Crippen molar-refractivity contribution in [3.05, 3.63) is 29.6 Å². The van der Waals surface area contributed by atoms with E-state index in [1.54, 1.807) is 6.33 Å². The minimum absolute atomic E-state index is 0.0299. The lowest BCUT2D eigenvalue weighted by Crippen LogP contribution is -2.56. The van der Waals surface area contributed by atoms with E-state index in [2.05, 4.69) is 69.4 Å². The van der Waals surface area contributed by atoms with Gasteiger partial charge in [0.1, 0.15) is 12.0 Å². The molecule has 2 N–H and O–H groups in total. The van der Waals surface area contributed by atoms with E-state index in [1.165, 1.54) is 12.8 Å². The SMILES string of the molecule is CC(C)NC[C@@H](CN1C2CCC1CN(c1ncnc3c1N(C)CC(=O)N3)C2)C1C=CC(Cl)=CC1C. The van der Waals surface area contributed by atoms with Gasteiger partial charge >= 0.3 is 0 Å². The Labute approximate surface area is 213 Å². The molecule has 4 heterocycles. The highest BCUT2D eigenvalue weighted by Gasteiger charge is 2.43. The molecule has 190 valence electrons. The van der Waals surface area contributed by atoms with Gasteiger partial charge in [-0.05, 0) is 43.2 Å². The lowest BCUT2D eigenvalue weighted by molar-refractivity contribution is -0.115. The van der Waals surface area contributed by atoms with Crippen LogP contribution in [0, 0.1) is 17.8 Å². The van der Waals surface area contributed by atoms with Gasteiger partial charge in [-0.3, -0.25) is 9.69 Å². The number of halogens is 1. The average Bonchev–Trinajstić information content (AvgIpc) is 3.02. The number of carbonyl (C=O) groups excluding carboxylic acids is 1. The number of allylic oxidation sites excluding steroid dienone is 4. The number of anilines is 3. The van der Waals surface area contributed by atoms with Crippen molar-refractivity contribution in [1.29, 1.82) is 0 Å². The molecule has 1 amide bonds. The predicted molar refractivity (Wildman–Crippen MR) is 142 cm³/mol. The van der Waals surface area contributed by atoms with Gasteiger partial charge in [-0.2, -0.15) is 0 Å².